The highest BCUT2D eigenvalue weighted by Crippen LogP contribution is 2.63. The summed E-state index contributed by atoms with van der Waals surface area (Å²) in [6.45, 7) is 10.9. The Morgan fingerprint density at radius 2 is 1.80 bits per heavy atom. The summed E-state index contributed by atoms with van der Waals surface area (Å²) in [5.41, 5.74) is 0.810. The van der Waals surface area contributed by atoms with Gasteiger partial charge in [0, 0.05) is 17.5 Å². The van der Waals surface area contributed by atoms with E-state index in [0.29, 0.717) is 11.4 Å². The van der Waals surface area contributed by atoms with Gasteiger partial charge in [-0.2, -0.15) is 0 Å². The maximum absolute atomic E-state index is 12.7. The molecule has 1 aliphatic carbocycles. The van der Waals surface area contributed by atoms with Crippen molar-refractivity contribution >= 4 is 21.4 Å². The van der Waals surface area contributed by atoms with Crippen LogP contribution in [0.2, 0.25) is 0 Å². The molecule has 0 amide bonds. The van der Waals surface area contributed by atoms with Crippen molar-refractivity contribution < 1.29 is 8.42 Å². The van der Waals surface area contributed by atoms with E-state index in [1.807, 2.05) is 19.4 Å². The third-order valence-corrected chi connectivity index (χ3v) is 7.77. The van der Waals surface area contributed by atoms with E-state index >= 15 is 0 Å². The molecule has 0 radical (unpaired) electrons. The van der Waals surface area contributed by atoms with Crippen molar-refractivity contribution in [3.63, 3.8) is 0 Å². The third kappa shape index (κ3) is 2.32. The van der Waals surface area contributed by atoms with Crippen LogP contribution >= 0.6 is 11.3 Å². The molecule has 1 aromatic heterocycles. The Bertz CT molecular complexity index is 601. The summed E-state index contributed by atoms with van der Waals surface area (Å²) < 4.78 is 28.3. The van der Waals surface area contributed by atoms with E-state index in [-0.39, 0.29) is 16.9 Å². The van der Waals surface area contributed by atoms with Crippen molar-refractivity contribution in [2.75, 3.05) is 7.05 Å². The van der Waals surface area contributed by atoms with E-state index in [4.69, 9.17) is 0 Å². The summed E-state index contributed by atoms with van der Waals surface area (Å²) in [6, 6.07) is -0.0123. The summed E-state index contributed by atoms with van der Waals surface area (Å²) in [4.78, 5) is 1.32. The minimum Gasteiger partial charge on any atom is -0.315 e. The van der Waals surface area contributed by atoms with Crippen LogP contribution in [0.15, 0.2) is 10.3 Å². The molecule has 20 heavy (non-hydrogen) atoms. The maximum Gasteiger partial charge on any atom is 0.242 e. The second-order valence-electron chi connectivity index (χ2n) is 6.70. The standard InChI is InChI=1S/C14H24N2O2S2/c1-9-8-19-10(7-15-6)11(9)20(17,18)16-12-13(2,3)14(12,4)5/h8,12,15-16H,7H2,1-6H3. The van der Waals surface area contributed by atoms with Gasteiger partial charge in [-0.15, -0.1) is 11.3 Å². The SMILES string of the molecule is CNCc1scc(C)c1S(=O)(=O)NC1C(C)(C)C1(C)C. The number of hydrogen-bond acceptors (Lipinski definition) is 4. The van der Waals surface area contributed by atoms with Crippen molar-refractivity contribution in [3.8, 4) is 0 Å². The molecule has 0 atom stereocenters. The van der Waals surface area contributed by atoms with Crippen molar-refractivity contribution in [2.24, 2.45) is 10.8 Å². The molecule has 0 aromatic carbocycles. The molecule has 0 spiro atoms. The largest absolute Gasteiger partial charge is 0.315 e. The molecule has 1 aromatic rings. The Labute approximate surface area is 126 Å². The molecular weight excluding hydrogens is 292 g/mol. The quantitative estimate of drug-likeness (QED) is 0.877. The summed E-state index contributed by atoms with van der Waals surface area (Å²) >= 11 is 1.49. The van der Waals surface area contributed by atoms with E-state index in [1.165, 1.54) is 11.3 Å². The van der Waals surface area contributed by atoms with Gasteiger partial charge < -0.3 is 5.32 Å². The van der Waals surface area contributed by atoms with Crippen LogP contribution in [0.4, 0.5) is 0 Å². The lowest BCUT2D eigenvalue weighted by atomic mass is 10.0. The zero-order chi connectivity index (χ0) is 15.3. The monoisotopic (exact) mass is 316 g/mol. The van der Waals surface area contributed by atoms with Crippen LogP contribution in [0.3, 0.4) is 0 Å². The lowest BCUT2D eigenvalue weighted by Gasteiger charge is -2.10. The molecule has 0 aliphatic heterocycles. The molecule has 114 valence electrons. The zero-order valence-electron chi connectivity index (χ0n) is 13.0. The van der Waals surface area contributed by atoms with E-state index in [1.54, 1.807) is 0 Å². The molecule has 1 aliphatic rings. The first-order valence-electron chi connectivity index (χ1n) is 6.79. The predicted molar refractivity (Wildman–Crippen MR) is 83.5 cm³/mol. The van der Waals surface area contributed by atoms with Crippen LogP contribution in [0.5, 0.6) is 0 Å². The zero-order valence-corrected chi connectivity index (χ0v) is 14.6. The lowest BCUT2D eigenvalue weighted by molar-refractivity contribution is 0.457. The third-order valence-electron chi connectivity index (χ3n) is 4.89. The molecule has 2 N–H and O–H groups in total. The highest BCUT2D eigenvalue weighted by atomic mass is 32.2. The molecule has 0 bridgehead atoms. The normalized spacial score (nSPS) is 21.1. The molecule has 0 saturated heterocycles. The molecule has 1 saturated carbocycles. The topological polar surface area (TPSA) is 58.2 Å². The fourth-order valence-corrected chi connectivity index (χ4v) is 6.19. The van der Waals surface area contributed by atoms with Crippen molar-refractivity contribution in [1.29, 1.82) is 0 Å². The molecule has 6 heteroatoms. The van der Waals surface area contributed by atoms with E-state index in [0.717, 1.165) is 10.4 Å². The summed E-state index contributed by atoms with van der Waals surface area (Å²) in [5, 5.41) is 4.94. The van der Waals surface area contributed by atoms with Gasteiger partial charge in [0.25, 0.3) is 0 Å². The van der Waals surface area contributed by atoms with E-state index in [2.05, 4.69) is 37.7 Å². The fourth-order valence-electron chi connectivity index (χ4n) is 2.84. The van der Waals surface area contributed by atoms with Gasteiger partial charge in [-0.1, -0.05) is 27.7 Å². The molecular formula is C14H24N2O2S2. The van der Waals surface area contributed by atoms with Crippen LogP contribution in [0.25, 0.3) is 0 Å². The Hall–Kier alpha value is -0.430. The smallest absolute Gasteiger partial charge is 0.242 e. The summed E-state index contributed by atoms with van der Waals surface area (Å²) in [7, 11) is -1.63. The summed E-state index contributed by atoms with van der Waals surface area (Å²) in [5.74, 6) is 0. The van der Waals surface area contributed by atoms with Gasteiger partial charge >= 0.3 is 0 Å². The Morgan fingerprint density at radius 3 is 2.25 bits per heavy atom. The summed E-state index contributed by atoms with van der Waals surface area (Å²) in [6.07, 6.45) is 0. The van der Waals surface area contributed by atoms with Crippen LogP contribution in [-0.2, 0) is 16.6 Å². The number of hydrogen-bond donors (Lipinski definition) is 2. The number of thiophene rings is 1. The Morgan fingerprint density at radius 1 is 1.25 bits per heavy atom. The Kier molecular flexibility index (Phi) is 3.83. The number of sulfonamides is 1. The minimum absolute atomic E-state index is 0.00678. The number of aryl methyl sites for hydroxylation is 1. The number of rotatable bonds is 5. The molecule has 2 rings (SSSR count). The minimum atomic E-state index is -3.46. The second kappa shape index (κ2) is 4.80. The number of nitrogens with one attached hydrogen (secondary N) is 2. The van der Waals surface area contributed by atoms with Crippen LogP contribution in [0, 0.1) is 17.8 Å². The average Bonchev–Trinajstić information content (AvgIpc) is 2.64. The van der Waals surface area contributed by atoms with E-state index < -0.39 is 10.0 Å². The van der Waals surface area contributed by atoms with Crippen LogP contribution in [-0.4, -0.2) is 21.5 Å². The van der Waals surface area contributed by atoms with Gasteiger partial charge in [-0.05, 0) is 35.7 Å². The molecule has 4 nitrogen and oxygen atoms in total. The fraction of sp³-hybridized carbons (Fsp3) is 0.714. The molecule has 0 unspecified atom stereocenters. The maximum atomic E-state index is 12.7. The van der Waals surface area contributed by atoms with E-state index in [9.17, 15) is 8.42 Å². The highest BCUT2D eigenvalue weighted by molar-refractivity contribution is 7.89. The Balaban J connectivity index is 2.31. The van der Waals surface area contributed by atoms with Crippen molar-refractivity contribution in [3.05, 3.63) is 15.8 Å². The first-order valence-corrected chi connectivity index (χ1v) is 9.16. The second-order valence-corrected chi connectivity index (χ2v) is 9.31. The molecule has 1 heterocycles. The highest BCUT2D eigenvalue weighted by Gasteiger charge is 2.66. The first kappa shape index (κ1) is 15.9. The van der Waals surface area contributed by atoms with Crippen molar-refractivity contribution in [1.82, 2.24) is 10.0 Å². The van der Waals surface area contributed by atoms with Gasteiger partial charge in [0.2, 0.25) is 10.0 Å². The average molecular weight is 316 g/mol. The van der Waals surface area contributed by atoms with Gasteiger partial charge in [0.05, 0.1) is 0 Å². The van der Waals surface area contributed by atoms with Gasteiger partial charge in [0.15, 0.2) is 0 Å². The van der Waals surface area contributed by atoms with Crippen LogP contribution < -0.4 is 10.0 Å². The van der Waals surface area contributed by atoms with Gasteiger partial charge in [-0.3, -0.25) is 0 Å². The predicted octanol–water partition coefficient (Wildman–Crippen LogP) is 2.49. The first-order chi connectivity index (χ1) is 9.05. The lowest BCUT2D eigenvalue weighted by Crippen LogP contribution is -2.31. The van der Waals surface area contributed by atoms with Gasteiger partial charge in [0.1, 0.15) is 4.90 Å². The molecule has 1 fully saturated rings. The van der Waals surface area contributed by atoms with Crippen molar-refractivity contribution in [2.45, 2.75) is 52.1 Å². The van der Waals surface area contributed by atoms with Crippen LogP contribution in [0.1, 0.15) is 38.1 Å². The van der Waals surface area contributed by atoms with Gasteiger partial charge in [-0.25, -0.2) is 13.1 Å².